The molecule has 0 saturated carbocycles. The highest BCUT2D eigenvalue weighted by molar-refractivity contribution is 5.85. The molecule has 5 rings (SSSR count). The maximum atomic E-state index is 6.02. The normalized spacial score (nSPS) is 15.1. The quantitative estimate of drug-likeness (QED) is 0.568. The van der Waals surface area contributed by atoms with E-state index in [1.807, 2.05) is 30.6 Å². The van der Waals surface area contributed by atoms with E-state index in [9.17, 15) is 0 Å². The Morgan fingerprint density at radius 1 is 1.20 bits per heavy atom. The number of rotatable bonds is 2. The molecule has 25 heavy (non-hydrogen) atoms. The van der Waals surface area contributed by atoms with Crippen molar-refractivity contribution in [2.75, 3.05) is 18.0 Å². The molecule has 0 amide bonds. The fraction of sp³-hybridized carbons (Fsp3) is 0.190. The molecule has 4 nitrogen and oxygen atoms in total. The Bertz CT molecular complexity index is 1070. The summed E-state index contributed by atoms with van der Waals surface area (Å²) in [6, 6.07) is 12.4. The van der Waals surface area contributed by atoms with E-state index < -0.39 is 0 Å². The first-order valence-electron chi connectivity index (χ1n) is 8.65. The van der Waals surface area contributed by atoms with Gasteiger partial charge in [-0.15, -0.1) is 0 Å². The Kier molecular flexibility index (Phi) is 3.17. The smallest absolute Gasteiger partial charge is 0.137 e. The lowest BCUT2D eigenvalue weighted by Gasteiger charge is -2.29. The molecule has 0 aliphatic carbocycles. The van der Waals surface area contributed by atoms with Crippen LogP contribution in [0.1, 0.15) is 17.7 Å². The minimum absolute atomic E-state index is 0.880. The van der Waals surface area contributed by atoms with Crippen molar-refractivity contribution in [2.45, 2.75) is 13.3 Å². The van der Waals surface area contributed by atoms with E-state index in [2.05, 4.69) is 46.1 Å². The second-order valence-corrected chi connectivity index (χ2v) is 6.58. The first-order valence-corrected chi connectivity index (χ1v) is 8.65. The van der Waals surface area contributed by atoms with Crippen molar-refractivity contribution in [1.82, 2.24) is 9.97 Å². The predicted octanol–water partition coefficient (Wildman–Crippen LogP) is 4.91. The Morgan fingerprint density at radius 2 is 2.12 bits per heavy atom. The second kappa shape index (κ2) is 5.52. The van der Waals surface area contributed by atoms with Gasteiger partial charge < -0.3 is 14.3 Å². The van der Waals surface area contributed by atoms with E-state index >= 15 is 0 Å². The number of aromatic nitrogens is 2. The number of benzene rings is 1. The summed E-state index contributed by atoms with van der Waals surface area (Å²) < 4.78 is 6.02. The summed E-state index contributed by atoms with van der Waals surface area (Å²) in [5.41, 5.74) is 5.70. The SMILES string of the molecule is Cc1c(N2CC=C(c3cc4ccccc4o3)CC2)cnc2[nH]ccc12. The van der Waals surface area contributed by atoms with Gasteiger partial charge in [-0.3, -0.25) is 0 Å². The van der Waals surface area contributed by atoms with Crippen molar-refractivity contribution in [3.05, 3.63) is 66.2 Å². The highest BCUT2D eigenvalue weighted by Crippen LogP contribution is 2.32. The lowest BCUT2D eigenvalue weighted by atomic mass is 10.0. The largest absolute Gasteiger partial charge is 0.456 e. The van der Waals surface area contributed by atoms with Gasteiger partial charge in [0.05, 0.1) is 11.9 Å². The van der Waals surface area contributed by atoms with Gasteiger partial charge in [0, 0.05) is 30.1 Å². The maximum absolute atomic E-state index is 6.02. The lowest BCUT2D eigenvalue weighted by Crippen LogP contribution is -2.28. The number of para-hydroxylation sites is 1. The molecular formula is C21H19N3O. The van der Waals surface area contributed by atoms with Gasteiger partial charge in [0.25, 0.3) is 0 Å². The van der Waals surface area contributed by atoms with Gasteiger partial charge in [0.1, 0.15) is 17.0 Å². The van der Waals surface area contributed by atoms with Crippen LogP contribution < -0.4 is 4.90 Å². The second-order valence-electron chi connectivity index (χ2n) is 6.58. The summed E-state index contributed by atoms with van der Waals surface area (Å²) in [5.74, 6) is 0.997. The molecule has 3 aromatic heterocycles. The minimum Gasteiger partial charge on any atom is -0.456 e. The van der Waals surface area contributed by atoms with E-state index in [1.54, 1.807) is 0 Å². The molecule has 0 saturated heterocycles. The Morgan fingerprint density at radius 3 is 2.96 bits per heavy atom. The van der Waals surface area contributed by atoms with E-state index in [0.29, 0.717) is 0 Å². The molecule has 4 aromatic rings. The van der Waals surface area contributed by atoms with E-state index in [4.69, 9.17) is 4.42 Å². The number of aromatic amines is 1. The number of nitrogens with one attached hydrogen (secondary N) is 1. The molecular weight excluding hydrogens is 310 g/mol. The van der Waals surface area contributed by atoms with Crippen LogP contribution in [-0.2, 0) is 0 Å². The number of pyridine rings is 1. The molecule has 4 heteroatoms. The van der Waals surface area contributed by atoms with Gasteiger partial charge in [-0.2, -0.15) is 0 Å². The third-order valence-corrected chi connectivity index (χ3v) is 5.12. The molecule has 1 aliphatic heterocycles. The van der Waals surface area contributed by atoms with Gasteiger partial charge in [-0.05, 0) is 42.7 Å². The van der Waals surface area contributed by atoms with Crippen molar-refractivity contribution < 1.29 is 4.42 Å². The molecule has 0 spiro atoms. The predicted molar refractivity (Wildman–Crippen MR) is 102 cm³/mol. The molecule has 4 heterocycles. The van der Waals surface area contributed by atoms with E-state index in [1.165, 1.54) is 27.6 Å². The fourth-order valence-corrected chi connectivity index (χ4v) is 3.70. The zero-order valence-electron chi connectivity index (χ0n) is 14.1. The molecule has 124 valence electrons. The number of hydrogen-bond donors (Lipinski definition) is 1. The molecule has 0 atom stereocenters. The van der Waals surface area contributed by atoms with Gasteiger partial charge in [-0.25, -0.2) is 4.98 Å². The van der Waals surface area contributed by atoms with Gasteiger partial charge in [0.2, 0.25) is 0 Å². The van der Waals surface area contributed by atoms with Crippen LogP contribution in [0.4, 0.5) is 5.69 Å². The van der Waals surface area contributed by atoms with Crippen molar-refractivity contribution >= 4 is 33.3 Å². The minimum atomic E-state index is 0.880. The molecule has 1 aliphatic rings. The fourth-order valence-electron chi connectivity index (χ4n) is 3.70. The highest BCUT2D eigenvalue weighted by atomic mass is 16.3. The Labute approximate surface area is 145 Å². The maximum Gasteiger partial charge on any atom is 0.137 e. The first-order chi connectivity index (χ1) is 12.3. The van der Waals surface area contributed by atoms with Crippen LogP contribution in [0.2, 0.25) is 0 Å². The zero-order valence-corrected chi connectivity index (χ0v) is 14.1. The lowest BCUT2D eigenvalue weighted by molar-refractivity contribution is 0.593. The average Bonchev–Trinajstić information content (AvgIpc) is 3.29. The third-order valence-electron chi connectivity index (χ3n) is 5.12. The van der Waals surface area contributed by atoms with Crippen LogP contribution >= 0.6 is 0 Å². The van der Waals surface area contributed by atoms with Crippen molar-refractivity contribution in [1.29, 1.82) is 0 Å². The Hall–Kier alpha value is -3.01. The van der Waals surface area contributed by atoms with Gasteiger partial charge in [0.15, 0.2) is 0 Å². The first kappa shape index (κ1) is 14.3. The number of furan rings is 1. The van der Waals surface area contributed by atoms with Crippen molar-refractivity contribution in [2.24, 2.45) is 0 Å². The van der Waals surface area contributed by atoms with Crippen molar-refractivity contribution in [3.63, 3.8) is 0 Å². The highest BCUT2D eigenvalue weighted by Gasteiger charge is 2.18. The monoisotopic (exact) mass is 329 g/mol. The summed E-state index contributed by atoms with van der Waals surface area (Å²) in [4.78, 5) is 10.1. The van der Waals surface area contributed by atoms with E-state index in [-0.39, 0.29) is 0 Å². The summed E-state index contributed by atoms with van der Waals surface area (Å²) in [6.07, 6.45) is 7.19. The van der Waals surface area contributed by atoms with Crippen LogP contribution in [0.15, 0.2) is 59.3 Å². The van der Waals surface area contributed by atoms with Crippen LogP contribution in [0, 0.1) is 6.92 Å². The average molecular weight is 329 g/mol. The van der Waals surface area contributed by atoms with Crippen LogP contribution in [0.3, 0.4) is 0 Å². The molecule has 1 N–H and O–H groups in total. The number of aryl methyl sites for hydroxylation is 1. The van der Waals surface area contributed by atoms with Crippen LogP contribution in [0.25, 0.3) is 27.6 Å². The van der Waals surface area contributed by atoms with Crippen LogP contribution in [0.5, 0.6) is 0 Å². The van der Waals surface area contributed by atoms with E-state index in [0.717, 1.165) is 36.5 Å². The molecule has 0 radical (unpaired) electrons. The van der Waals surface area contributed by atoms with Gasteiger partial charge >= 0.3 is 0 Å². The number of hydrogen-bond acceptors (Lipinski definition) is 3. The summed E-state index contributed by atoms with van der Waals surface area (Å²) in [6.45, 7) is 4.03. The summed E-state index contributed by atoms with van der Waals surface area (Å²) in [7, 11) is 0. The van der Waals surface area contributed by atoms with Gasteiger partial charge in [-0.1, -0.05) is 24.3 Å². The molecule has 1 aromatic carbocycles. The van der Waals surface area contributed by atoms with Crippen molar-refractivity contribution in [3.8, 4) is 0 Å². The summed E-state index contributed by atoms with van der Waals surface area (Å²) in [5, 5.41) is 2.36. The number of H-pyrrole nitrogens is 1. The molecule has 0 unspecified atom stereocenters. The number of nitrogens with zero attached hydrogens (tertiary/aromatic N) is 2. The molecule has 0 fully saturated rings. The molecule has 0 bridgehead atoms. The standard InChI is InChI=1S/C21H19N3O/c1-14-17-6-9-22-21(17)23-13-18(14)24-10-7-15(8-11-24)20-12-16-4-2-3-5-19(16)25-20/h2-7,9,12-13H,8,10-11H2,1H3,(H,22,23). The van der Waals surface area contributed by atoms with Crippen LogP contribution in [-0.4, -0.2) is 23.1 Å². The third kappa shape index (κ3) is 2.33. The number of fused-ring (bicyclic) bond motifs is 2. The number of anilines is 1. The summed E-state index contributed by atoms with van der Waals surface area (Å²) >= 11 is 0. The topological polar surface area (TPSA) is 45.1 Å². The zero-order chi connectivity index (χ0) is 16.8. The Balaban J connectivity index is 1.45.